The van der Waals surface area contributed by atoms with Crippen molar-refractivity contribution in [1.29, 1.82) is 0 Å². The molecule has 28 heavy (non-hydrogen) atoms. The highest BCUT2D eigenvalue weighted by molar-refractivity contribution is 7.89. The molecule has 0 atom stereocenters. The van der Waals surface area contributed by atoms with Gasteiger partial charge in [0.25, 0.3) is 5.91 Å². The number of sulfonamides is 1. The number of halogens is 1. The lowest BCUT2D eigenvalue weighted by atomic mass is 10.1. The molecule has 1 N–H and O–H groups in total. The van der Waals surface area contributed by atoms with Crippen LogP contribution in [0.3, 0.4) is 0 Å². The predicted molar refractivity (Wildman–Crippen MR) is 105 cm³/mol. The normalized spacial score (nSPS) is 15.4. The van der Waals surface area contributed by atoms with Gasteiger partial charge in [0.1, 0.15) is 11.5 Å². The number of carbonyl (C=O) groups excluding carboxylic acids is 1. The van der Waals surface area contributed by atoms with Crippen molar-refractivity contribution in [3.63, 3.8) is 0 Å². The third-order valence-electron chi connectivity index (χ3n) is 4.49. The van der Waals surface area contributed by atoms with Crippen molar-refractivity contribution in [3.05, 3.63) is 53.1 Å². The van der Waals surface area contributed by atoms with Gasteiger partial charge in [-0.25, -0.2) is 8.42 Å². The summed E-state index contributed by atoms with van der Waals surface area (Å²) in [6.07, 6.45) is 0. The minimum Gasteiger partial charge on any atom is -0.507 e. The third-order valence-corrected chi connectivity index (χ3v) is 6.64. The maximum Gasteiger partial charge on any atom is 0.257 e. The number of hydrogen-bond donors (Lipinski definition) is 1. The molecular weight excluding hydrogens is 404 g/mol. The van der Waals surface area contributed by atoms with Gasteiger partial charge in [0.15, 0.2) is 0 Å². The Bertz CT molecular complexity index is 955. The van der Waals surface area contributed by atoms with Crippen LogP contribution in [0.15, 0.2) is 47.4 Å². The summed E-state index contributed by atoms with van der Waals surface area (Å²) in [4.78, 5) is 14.3. The van der Waals surface area contributed by atoms with Gasteiger partial charge in [-0.2, -0.15) is 4.31 Å². The van der Waals surface area contributed by atoms with Crippen LogP contribution >= 0.6 is 11.6 Å². The van der Waals surface area contributed by atoms with E-state index in [1.54, 1.807) is 12.1 Å². The highest BCUT2D eigenvalue weighted by atomic mass is 35.5. The molecule has 0 aliphatic carbocycles. The van der Waals surface area contributed by atoms with Gasteiger partial charge in [-0.05, 0) is 49.4 Å². The Balaban J connectivity index is 1.68. The molecule has 0 aromatic heterocycles. The summed E-state index contributed by atoms with van der Waals surface area (Å²) in [5.74, 6) is 0.0788. The van der Waals surface area contributed by atoms with E-state index in [9.17, 15) is 18.3 Å². The molecule has 1 aliphatic rings. The number of piperazine rings is 1. The van der Waals surface area contributed by atoms with Crippen LogP contribution in [0.2, 0.25) is 5.02 Å². The van der Waals surface area contributed by atoms with Crippen LogP contribution in [0.1, 0.15) is 17.3 Å². The second-order valence-electron chi connectivity index (χ2n) is 6.26. The van der Waals surface area contributed by atoms with Gasteiger partial charge < -0.3 is 14.7 Å². The molecule has 2 aromatic carbocycles. The van der Waals surface area contributed by atoms with Crippen molar-refractivity contribution in [1.82, 2.24) is 9.21 Å². The summed E-state index contributed by atoms with van der Waals surface area (Å²) in [7, 11) is -3.65. The van der Waals surface area contributed by atoms with Crippen molar-refractivity contribution in [2.45, 2.75) is 11.8 Å². The standard InChI is InChI=1S/C19H21ClN2O5S/c1-2-27-15-4-6-16(7-5-15)28(25,26)22-11-9-21(10-12-22)19(24)17-13-14(20)3-8-18(17)23/h3-8,13,23H,2,9-12H2,1H3. The zero-order valence-corrected chi connectivity index (χ0v) is 16.9. The zero-order chi connectivity index (χ0) is 20.3. The second kappa shape index (κ2) is 8.38. The first kappa shape index (κ1) is 20.4. The predicted octanol–water partition coefficient (Wildman–Crippen LogP) is 2.59. The first-order chi connectivity index (χ1) is 13.3. The van der Waals surface area contributed by atoms with Crippen LogP contribution in [0.25, 0.3) is 0 Å². The minimum absolute atomic E-state index is 0.107. The fraction of sp³-hybridized carbons (Fsp3) is 0.316. The minimum atomic E-state index is -3.65. The van der Waals surface area contributed by atoms with E-state index in [-0.39, 0.29) is 48.3 Å². The Labute approximate surface area is 169 Å². The summed E-state index contributed by atoms with van der Waals surface area (Å²) in [5.41, 5.74) is 0.107. The number of nitrogens with zero attached hydrogens (tertiary/aromatic N) is 2. The van der Waals surface area contributed by atoms with Crippen molar-refractivity contribution < 1.29 is 23.1 Å². The molecule has 0 bridgehead atoms. The van der Waals surface area contributed by atoms with E-state index >= 15 is 0 Å². The van der Waals surface area contributed by atoms with E-state index < -0.39 is 10.0 Å². The number of rotatable bonds is 5. The number of amides is 1. The van der Waals surface area contributed by atoms with Gasteiger partial charge in [-0.1, -0.05) is 11.6 Å². The smallest absolute Gasteiger partial charge is 0.257 e. The van der Waals surface area contributed by atoms with Crippen LogP contribution in [-0.2, 0) is 10.0 Å². The number of benzene rings is 2. The van der Waals surface area contributed by atoms with E-state index in [1.807, 2.05) is 6.92 Å². The third kappa shape index (κ3) is 4.24. The first-order valence-electron chi connectivity index (χ1n) is 8.83. The molecule has 0 unspecified atom stereocenters. The number of carbonyl (C=O) groups is 1. The molecule has 0 saturated carbocycles. The fourth-order valence-corrected chi connectivity index (χ4v) is 4.60. The summed E-state index contributed by atoms with van der Waals surface area (Å²) < 4.78 is 32.3. The highest BCUT2D eigenvalue weighted by Gasteiger charge is 2.31. The van der Waals surface area contributed by atoms with Crippen LogP contribution in [0.4, 0.5) is 0 Å². The number of hydrogen-bond acceptors (Lipinski definition) is 5. The number of phenols is 1. The van der Waals surface area contributed by atoms with Gasteiger partial charge in [0.2, 0.25) is 10.0 Å². The maximum absolute atomic E-state index is 12.8. The maximum atomic E-state index is 12.8. The average Bonchev–Trinajstić information content (AvgIpc) is 2.70. The number of phenolic OH excluding ortho intramolecular Hbond substituents is 1. The van der Waals surface area contributed by atoms with Crippen molar-refractivity contribution in [2.24, 2.45) is 0 Å². The molecule has 0 spiro atoms. The van der Waals surface area contributed by atoms with E-state index in [0.717, 1.165) is 0 Å². The lowest BCUT2D eigenvalue weighted by molar-refractivity contribution is 0.0695. The zero-order valence-electron chi connectivity index (χ0n) is 15.3. The van der Waals surface area contributed by atoms with Crippen molar-refractivity contribution >= 4 is 27.5 Å². The monoisotopic (exact) mass is 424 g/mol. The molecule has 1 saturated heterocycles. The van der Waals surface area contributed by atoms with Crippen LogP contribution < -0.4 is 4.74 Å². The van der Waals surface area contributed by atoms with Gasteiger partial charge in [-0.15, -0.1) is 0 Å². The second-order valence-corrected chi connectivity index (χ2v) is 8.64. The molecule has 150 valence electrons. The molecule has 2 aromatic rings. The molecule has 3 rings (SSSR count). The summed E-state index contributed by atoms with van der Waals surface area (Å²) in [6, 6.07) is 10.5. The lowest BCUT2D eigenvalue weighted by Gasteiger charge is -2.34. The Kier molecular flexibility index (Phi) is 6.12. The number of aromatic hydroxyl groups is 1. The number of ether oxygens (including phenoxy) is 1. The molecule has 0 radical (unpaired) electrons. The molecule has 1 aliphatic heterocycles. The highest BCUT2D eigenvalue weighted by Crippen LogP contribution is 2.25. The van der Waals surface area contributed by atoms with E-state index in [2.05, 4.69) is 0 Å². The SMILES string of the molecule is CCOc1ccc(S(=O)(=O)N2CCN(C(=O)c3cc(Cl)ccc3O)CC2)cc1. The Hall–Kier alpha value is -2.29. The first-order valence-corrected chi connectivity index (χ1v) is 10.7. The van der Waals surface area contributed by atoms with Crippen LogP contribution in [0.5, 0.6) is 11.5 Å². The topological polar surface area (TPSA) is 87.2 Å². The Morgan fingerprint density at radius 3 is 2.36 bits per heavy atom. The van der Waals surface area contributed by atoms with Crippen LogP contribution in [0, 0.1) is 0 Å². The van der Waals surface area contributed by atoms with E-state index in [4.69, 9.17) is 16.3 Å². The summed E-state index contributed by atoms with van der Waals surface area (Å²) in [5, 5.41) is 10.2. The van der Waals surface area contributed by atoms with Crippen molar-refractivity contribution in [3.8, 4) is 11.5 Å². The molecule has 1 amide bonds. The largest absolute Gasteiger partial charge is 0.507 e. The van der Waals surface area contributed by atoms with Crippen molar-refractivity contribution in [2.75, 3.05) is 32.8 Å². The molecular formula is C19H21ClN2O5S. The Morgan fingerprint density at radius 2 is 1.75 bits per heavy atom. The molecule has 1 heterocycles. The van der Waals surface area contributed by atoms with Gasteiger partial charge in [0, 0.05) is 31.2 Å². The summed E-state index contributed by atoms with van der Waals surface area (Å²) in [6.45, 7) is 3.14. The average molecular weight is 425 g/mol. The van der Waals surface area contributed by atoms with Gasteiger partial charge >= 0.3 is 0 Å². The molecule has 9 heteroatoms. The Morgan fingerprint density at radius 1 is 1.11 bits per heavy atom. The molecule has 1 fully saturated rings. The van der Waals surface area contributed by atoms with E-state index in [0.29, 0.717) is 17.4 Å². The molecule has 7 nitrogen and oxygen atoms in total. The van der Waals surface area contributed by atoms with E-state index in [1.165, 1.54) is 39.5 Å². The van der Waals surface area contributed by atoms with Gasteiger partial charge in [-0.3, -0.25) is 4.79 Å². The quantitative estimate of drug-likeness (QED) is 0.797. The fourth-order valence-electron chi connectivity index (χ4n) is 3.01. The summed E-state index contributed by atoms with van der Waals surface area (Å²) >= 11 is 5.90. The van der Waals surface area contributed by atoms with Gasteiger partial charge in [0.05, 0.1) is 17.1 Å². The van der Waals surface area contributed by atoms with Crippen LogP contribution in [-0.4, -0.2) is 61.4 Å². The lowest BCUT2D eigenvalue weighted by Crippen LogP contribution is -2.50.